The number of nitrogens with zero attached hydrogens (tertiary/aromatic N) is 1. The molecule has 5 nitrogen and oxygen atoms in total. The number of fused-ring (bicyclic) bond motifs is 1. The Balaban J connectivity index is 1.53. The number of carbonyl (C=O) groups is 1. The van der Waals surface area contributed by atoms with Gasteiger partial charge in [-0.05, 0) is 29.8 Å². The Bertz CT molecular complexity index is 847. The monoisotopic (exact) mass is 358 g/mol. The summed E-state index contributed by atoms with van der Waals surface area (Å²) in [5, 5.41) is 4.26. The average Bonchev–Trinajstić information content (AvgIpc) is 3.21. The first-order valence-electron chi connectivity index (χ1n) is 7.61. The lowest BCUT2D eigenvalue weighted by atomic mass is 9.94. The molecule has 1 amide bonds. The molecular weight excluding hydrogens is 344 g/mol. The summed E-state index contributed by atoms with van der Waals surface area (Å²) in [4.78, 5) is 17.2. The molecule has 0 bridgehead atoms. The van der Waals surface area contributed by atoms with E-state index in [1.54, 1.807) is 0 Å². The second kappa shape index (κ2) is 6.49. The fourth-order valence-electron chi connectivity index (χ4n) is 2.85. The fraction of sp³-hybridized carbons (Fsp3) is 0.176. The lowest BCUT2D eigenvalue weighted by Crippen LogP contribution is -2.29. The van der Waals surface area contributed by atoms with Crippen molar-refractivity contribution in [3.63, 3.8) is 0 Å². The maximum atomic E-state index is 12.7. The van der Waals surface area contributed by atoms with Gasteiger partial charge in [0.2, 0.25) is 5.91 Å². The highest BCUT2D eigenvalue weighted by Gasteiger charge is 2.34. The van der Waals surface area contributed by atoms with E-state index in [1.807, 2.05) is 48.5 Å². The van der Waals surface area contributed by atoms with E-state index in [0.717, 1.165) is 15.8 Å². The van der Waals surface area contributed by atoms with Gasteiger partial charge in [0.05, 0.1) is 22.2 Å². The van der Waals surface area contributed by atoms with Gasteiger partial charge in [-0.1, -0.05) is 47.2 Å². The Labute approximate surface area is 148 Å². The van der Waals surface area contributed by atoms with Gasteiger partial charge in [-0.3, -0.25) is 10.2 Å². The summed E-state index contributed by atoms with van der Waals surface area (Å²) in [7, 11) is 0. The van der Waals surface area contributed by atoms with Crippen molar-refractivity contribution in [2.75, 3.05) is 11.9 Å². The number of rotatable bonds is 3. The summed E-state index contributed by atoms with van der Waals surface area (Å²) in [5.74, 6) is -0.273. The van der Waals surface area contributed by atoms with Gasteiger partial charge < -0.3 is 5.32 Å². The molecule has 1 saturated heterocycles. The molecule has 1 aliphatic rings. The Morgan fingerprint density at radius 2 is 2.00 bits per heavy atom. The number of amides is 1. The van der Waals surface area contributed by atoms with Gasteiger partial charge in [0.15, 0.2) is 5.13 Å². The molecule has 122 valence electrons. The standard InChI is InChI=1S/C17H15ClN4OS/c18-11-7-5-10(6-8-11)15-12(9-19-22-15)16(23)21-17-20-13-3-1-2-4-14(13)24-17/h1-8,12,15,19,22H,9H2,(H,20,21,23). The van der Waals surface area contributed by atoms with Crippen molar-refractivity contribution in [1.82, 2.24) is 15.8 Å². The molecule has 1 fully saturated rings. The van der Waals surface area contributed by atoms with Gasteiger partial charge >= 0.3 is 0 Å². The first kappa shape index (κ1) is 15.5. The van der Waals surface area contributed by atoms with E-state index in [2.05, 4.69) is 21.2 Å². The lowest BCUT2D eigenvalue weighted by Gasteiger charge is -2.17. The molecule has 3 N–H and O–H groups in total. The number of nitrogens with one attached hydrogen (secondary N) is 3. The molecule has 24 heavy (non-hydrogen) atoms. The van der Waals surface area contributed by atoms with E-state index in [-0.39, 0.29) is 17.9 Å². The molecule has 0 aliphatic carbocycles. The Morgan fingerprint density at radius 3 is 2.79 bits per heavy atom. The molecule has 2 aromatic carbocycles. The largest absolute Gasteiger partial charge is 0.302 e. The summed E-state index contributed by atoms with van der Waals surface area (Å²) in [6.45, 7) is 0.560. The minimum absolute atomic E-state index is 0.0495. The number of aromatic nitrogens is 1. The molecule has 4 rings (SSSR count). The zero-order chi connectivity index (χ0) is 16.5. The van der Waals surface area contributed by atoms with E-state index in [9.17, 15) is 4.79 Å². The lowest BCUT2D eigenvalue weighted by molar-refractivity contribution is -0.119. The van der Waals surface area contributed by atoms with Gasteiger partial charge in [0.25, 0.3) is 0 Å². The smallest absolute Gasteiger partial charge is 0.232 e. The van der Waals surface area contributed by atoms with Crippen molar-refractivity contribution in [3.8, 4) is 0 Å². The van der Waals surface area contributed by atoms with Crippen molar-refractivity contribution in [2.24, 2.45) is 5.92 Å². The van der Waals surface area contributed by atoms with Crippen LogP contribution in [0.1, 0.15) is 11.6 Å². The van der Waals surface area contributed by atoms with Crippen LogP contribution in [0.4, 0.5) is 5.13 Å². The SMILES string of the molecule is O=C(Nc1nc2ccccc2s1)C1CNNC1c1ccc(Cl)cc1. The van der Waals surface area contributed by atoms with Gasteiger partial charge in [-0.25, -0.2) is 10.4 Å². The fourth-order valence-corrected chi connectivity index (χ4v) is 3.85. The Morgan fingerprint density at radius 1 is 1.21 bits per heavy atom. The summed E-state index contributed by atoms with van der Waals surface area (Å²) in [6.07, 6.45) is 0. The molecule has 1 aromatic heterocycles. The summed E-state index contributed by atoms with van der Waals surface area (Å²) in [6, 6.07) is 15.3. The van der Waals surface area contributed by atoms with Crippen molar-refractivity contribution in [3.05, 3.63) is 59.1 Å². The first-order chi connectivity index (χ1) is 11.7. The molecule has 0 radical (unpaired) electrons. The van der Waals surface area contributed by atoms with E-state index in [0.29, 0.717) is 16.7 Å². The quantitative estimate of drug-likeness (QED) is 0.671. The van der Waals surface area contributed by atoms with Crippen LogP contribution in [-0.4, -0.2) is 17.4 Å². The molecule has 0 spiro atoms. The van der Waals surface area contributed by atoms with Crippen LogP contribution >= 0.6 is 22.9 Å². The second-order valence-electron chi connectivity index (χ2n) is 5.64. The van der Waals surface area contributed by atoms with Crippen molar-refractivity contribution >= 4 is 44.2 Å². The zero-order valence-electron chi connectivity index (χ0n) is 12.6. The molecule has 7 heteroatoms. The molecular formula is C17H15ClN4OS. The highest BCUT2D eigenvalue weighted by molar-refractivity contribution is 7.22. The van der Waals surface area contributed by atoms with Gasteiger partial charge in [-0.2, -0.15) is 0 Å². The third-order valence-electron chi connectivity index (χ3n) is 4.07. The minimum atomic E-state index is -0.224. The zero-order valence-corrected chi connectivity index (χ0v) is 14.2. The summed E-state index contributed by atoms with van der Waals surface area (Å²) in [5.41, 5.74) is 8.15. The molecule has 2 heterocycles. The number of carbonyl (C=O) groups excluding carboxylic acids is 1. The number of benzene rings is 2. The predicted octanol–water partition coefficient (Wildman–Crippen LogP) is 3.35. The Hall–Kier alpha value is -1.99. The van der Waals surface area contributed by atoms with Crippen LogP contribution in [-0.2, 0) is 4.79 Å². The third-order valence-corrected chi connectivity index (χ3v) is 5.28. The van der Waals surface area contributed by atoms with Crippen LogP contribution < -0.4 is 16.2 Å². The molecule has 2 atom stereocenters. The first-order valence-corrected chi connectivity index (χ1v) is 8.80. The predicted molar refractivity (Wildman–Crippen MR) is 97.1 cm³/mol. The van der Waals surface area contributed by atoms with E-state index < -0.39 is 0 Å². The van der Waals surface area contributed by atoms with Gasteiger partial charge in [-0.15, -0.1) is 0 Å². The second-order valence-corrected chi connectivity index (χ2v) is 7.10. The van der Waals surface area contributed by atoms with Crippen molar-refractivity contribution < 1.29 is 4.79 Å². The maximum Gasteiger partial charge on any atom is 0.232 e. The maximum absolute atomic E-state index is 12.7. The average molecular weight is 359 g/mol. The van der Waals surface area contributed by atoms with E-state index in [1.165, 1.54) is 11.3 Å². The van der Waals surface area contributed by atoms with Crippen LogP contribution in [0.15, 0.2) is 48.5 Å². The van der Waals surface area contributed by atoms with Crippen LogP contribution in [0.25, 0.3) is 10.2 Å². The van der Waals surface area contributed by atoms with E-state index >= 15 is 0 Å². The van der Waals surface area contributed by atoms with Crippen LogP contribution in [0.2, 0.25) is 5.02 Å². The molecule has 2 unspecified atom stereocenters. The normalized spacial score (nSPS) is 20.4. The number of hydrazine groups is 1. The highest BCUT2D eigenvalue weighted by Crippen LogP contribution is 2.29. The summed E-state index contributed by atoms with van der Waals surface area (Å²) < 4.78 is 1.06. The van der Waals surface area contributed by atoms with Crippen molar-refractivity contribution in [1.29, 1.82) is 0 Å². The number of thiazole rings is 1. The Kier molecular flexibility index (Phi) is 4.20. The number of hydrogen-bond donors (Lipinski definition) is 3. The third kappa shape index (κ3) is 3.01. The number of anilines is 1. The van der Waals surface area contributed by atoms with Crippen LogP contribution in [0, 0.1) is 5.92 Å². The molecule has 3 aromatic rings. The van der Waals surface area contributed by atoms with Crippen LogP contribution in [0.5, 0.6) is 0 Å². The van der Waals surface area contributed by atoms with Crippen LogP contribution in [0.3, 0.4) is 0 Å². The minimum Gasteiger partial charge on any atom is -0.302 e. The number of halogens is 1. The summed E-state index contributed by atoms with van der Waals surface area (Å²) >= 11 is 7.42. The highest BCUT2D eigenvalue weighted by atomic mass is 35.5. The number of para-hydroxylation sites is 1. The molecule has 0 saturated carbocycles. The van der Waals surface area contributed by atoms with Crippen molar-refractivity contribution in [2.45, 2.75) is 6.04 Å². The van der Waals surface area contributed by atoms with Gasteiger partial charge in [0, 0.05) is 11.6 Å². The molecule has 1 aliphatic heterocycles. The number of hydrogen-bond acceptors (Lipinski definition) is 5. The van der Waals surface area contributed by atoms with E-state index in [4.69, 9.17) is 11.6 Å². The topological polar surface area (TPSA) is 66.0 Å². The van der Waals surface area contributed by atoms with Gasteiger partial charge in [0.1, 0.15) is 0 Å².